The van der Waals surface area contributed by atoms with Gasteiger partial charge in [0.05, 0.1) is 25.7 Å². The molecule has 1 aromatic heterocycles. The Morgan fingerprint density at radius 2 is 1.81 bits per heavy atom. The SMILES string of the molecule is CCCCOO[C@]1(n2cc(C)c(=O)n(C=O)c2=O)C[C@H](O)[C@@H](COP(=O)(O)OP(=O)(O)OP(=O)(O)O)O1. The van der Waals surface area contributed by atoms with Crippen molar-refractivity contribution in [3.63, 3.8) is 0 Å². The lowest BCUT2D eigenvalue weighted by Gasteiger charge is -2.29. The van der Waals surface area contributed by atoms with Crippen LogP contribution < -0.4 is 11.2 Å². The van der Waals surface area contributed by atoms with E-state index in [1.165, 1.54) is 6.92 Å². The Hall–Kier alpha value is -1.40. The van der Waals surface area contributed by atoms with Crippen molar-refractivity contribution in [3.8, 4) is 0 Å². The Bertz CT molecular complexity index is 1240. The Morgan fingerprint density at radius 1 is 1.16 bits per heavy atom. The van der Waals surface area contributed by atoms with Crippen molar-refractivity contribution in [1.29, 1.82) is 0 Å². The number of phosphoric ester groups is 1. The second kappa shape index (κ2) is 12.2. The molecule has 2 unspecified atom stereocenters. The third-order valence-corrected chi connectivity index (χ3v) is 8.39. The molecule has 0 aromatic carbocycles. The number of carbonyl (C=O) groups excluding carboxylic acids is 1. The second-order valence-electron chi connectivity index (χ2n) is 7.53. The van der Waals surface area contributed by atoms with Crippen LogP contribution in [0.3, 0.4) is 0 Å². The average molecular weight is 598 g/mol. The number of phosphoric acid groups is 3. The summed E-state index contributed by atoms with van der Waals surface area (Å²) in [4.78, 5) is 82.5. The summed E-state index contributed by atoms with van der Waals surface area (Å²) in [5.41, 5.74) is -2.30. The highest BCUT2D eigenvalue weighted by molar-refractivity contribution is 7.66. The van der Waals surface area contributed by atoms with Gasteiger partial charge in [-0.05, 0) is 13.3 Å². The molecule has 5 N–H and O–H groups in total. The van der Waals surface area contributed by atoms with Crippen LogP contribution in [0.5, 0.6) is 0 Å². The van der Waals surface area contributed by atoms with E-state index >= 15 is 0 Å². The van der Waals surface area contributed by atoms with Crippen molar-refractivity contribution < 1.29 is 70.8 Å². The average Bonchev–Trinajstić information content (AvgIpc) is 3.06. The fourth-order valence-electron chi connectivity index (χ4n) is 2.99. The highest BCUT2D eigenvalue weighted by Gasteiger charge is 2.52. The van der Waals surface area contributed by atoms with Crippen LogP contribution in [-0.4, -0.2) is 65.6 Å². The highest BCUT2D eigenvalue weighted by Crippen LogP contribution is 2.66. The molecule has 1 aromatic rings. The molecule has 1 aliphatic rings. The van der Waals surface area contributed by atoms with E-state index in [2.05, 4.69) is 13.1 Å². The van der Waals surface area contributed by atoms with Crippen LogP contribution >= 0.6 is 23.5 Å². The van der Waals surface area contributed by atoms with Gasteiger partial charge in [0, 0.05) is 11.8 Å². The molecule has 0 aliphatic carbocycles. The summed E-state index contributed by atoms with van der Waals surface area (Å²) in [7, 11) is -17.0. The van der Waals surface area contributed by atoms with Crippen molar-refractivity contribution in [3.05, 3.63) is 32.6 Å². The summed E-state index contributed by atoms with van der Waals surface area (Å²) in [6.07, 6.45) is -1.79. The van der Waals surface area contributed by atoms with Crippen LogP contribution in [0, 0.1) is 6.92 Å². The first-order valence-corrected chi connectivity index (χ1v) is 14.7. The predicted molar refractivity (Wildman–Crippen MR) is 117 cm³/mol. The van der Waals surface area contributed by atoms with Crippen molar-refractivity contribution in [2.24, 2.45) is 0 Å². The van der Waals surface area contributed by atoms with Gasteiger partial charge in [-0.25, -0.2) is 27.9 Å². The maximum Gasteiger partial charge on any atom is 0.490 e. The predicted octanol–water partition coefficient (Wildman–Crippen LogP) is -0.792. The topological polar surface area (TPSA) is 269 Å². The number of carbonyl (C=O) groups is 1. The van der Waals surface area contributed by atoms with E-state index in [1.54, 1.807) is 0 Å². The second-order valence-corrected chi connectivity index (χ2v) is 12.0. The molecule has 0 bridgehead atoms. The lowest BCUT2D eigenvalue weighted by molar-refractivity contribution is -0.460. The molecule has 2 rings (SSSR count). The monoisotopic (exact) mass is 598 g/mol. The summed E-state index contributed by atoms with van der Waals surface area (Å²) in [5.74, 6) is -2.32. The van der Waals surface area contributed by atoms with Crippen molar-refractivity contribution >= 4 is 29.9 Å². The molecule has 0 spiro atoms. The first kappa shape index (κ1) is 31.8. The molecule has 0 amide bonds. The summed E-state index contributed by atoms with van der Waals surface area (Å²) in [6.45, 7) is 2.01. The van der Waals surface area contributed by atoms with Crippen molar-refractivity contribution in [1.82, 2.24) is 9.13 Å². The Kier molecular flexibility index (Phi) is 10.5. The van der Waals surface area contributed by atoms with E-state index in [4.69, 9.17) is 24.3 Å². The van der Waals surface area contributed by atoms with Gasteiger partial charge < -0.3 is 29.4 Å². The Labute approximate surface area is 207 Å². The molecule has 2 heterocycles. The highest BCUT2D eigenvalue weighted by atomic mass is 31.3. The van der Waals surface area contributed by atoms with Crippen molar-refractivity contribution in [2.45, 2.75) is 51.2 Å². The molecule has 22 heteroatoms. The zero-order valence-corrected chi connectivity index (χ0v) is 21.9. The number of ether oxygens (including phenoxy) is 1. The van der Waals surface area contributed by atoms with Gasteiger partial charge in [0.2, 0.25) is 6.41 Å². The molecule has 0 saturated carbocycles. The fourth-order valence-corrected chi connectivity index (χ4v) is 6.02. The number of nitrogens with zero attached hydrogens (tertiary/aromatic N) is 2. The van der Waals surface area contributed by atoms with Gasteiger partial charge >= 0.3 is 29.2 Å². The maximum absolute atomic E-state index is 12.8. The van der Waals surface area contributed by atoms with E-state index in [0.29, 0.717) is 17.4 Å². The molecule has 5 atom stereocenters. The van der Waals surface area contributed by atoms with E-state index in [9.17, 15) is 43.0 Å². The molecule has 37 heavy (non-hydrogen) atoms. The number of aryl methyl sites for hydroxylation is 1. The number of unbranched alkanes of at least 4 members (excludes halogenated alkanes) is 1. The standard InChI is InChI=1S/C15H25N2O17P3/c1-3-4-5-29-32-15(17-7-10(2)13(20)16(9-18)14(17)21)6-11(19)12(31-15)8-30-36(25,26)34-37(27,28)33-35(22,23)24/h7,9,11-12,19H,3-6,8H2,1-2H3,(H,25,26)(H,27,28)(H2,22,23,24)/t11-,12+,15-/m0/s1. The molecule has 1 fully saturated rings. The first-order chi connectivity index (χ1) is 17.0. The van der Waals surface area contributed by atoms with Gasteiger partial charge in [-0.15, -0.1) is 0 Å². The molecule has 1 saturated heterocycles. The van der Waals surface area contributed by atoms with Gasteiger partial charge in [0.15, 0.2) is 0 Å². The zero-order chi connectivity index (χ0) is 28.2. The molecule has 0 radical (unpaired) electrons. The van der Waals surface area contributed by atoms with Crippen LogP contribution in [-0.2, 0) is 52.1 Å². The zero-order valence-electron chi connectivity index (χ0n) is 19.2. The van der Waals surface area contributed by atoms with Gasteiger partial charge in [-0.2, -0.15) is 18.1 Å². The minimum atomic E-state index is -5.79. The van der Waals surface area contributed by atoms with Gasteiger partial charge in [-0.3, -0.25) is 14.1 Å². The number of aromatic nitrogens is 2. The molecule has 19 nitrogen and oxygen atoms in total. The van der Waals surface area contributed by atoms with Crippen LogP contribution in [0.2, 0.25) is 0 Å². The Balaban J connectivity index is 2.32. The van der Waals surface area contributed by atoms with Crippen LogP contribution in [0.4, 0.5) is 0 Å². The fraction of sp³-hybridized carbons (Fsp3) is 0.667. The smallest absolute Gasteiger partial charge is 0.390 e. The van der Waals surface area contributed by atoms with Crippen LogP contribution in [0.25, 0.3) is 0 Å². The summed E-state index contributed by atoms with van der Waals surface area (Å²) in [6, 6.07) is 0. The van der Waals surface area contributed by atoms with Crippen LogP contribution in [0.1, 0.15) is 31.7 Å². The maximum atomic E-state index is 12.8. The minimum Gasteiger partial charge on any atom is -0.390 e. The molecular weight excluding hydrogens is 573 g/mol. The van der Waals surface area contributed by atoms with Crippen molar-refractivity contribution in [2.75, 3.05) is 13.2 Å². The van der Waals surface area contributed by atoms with E-state index in [-0.39, 0.29) is 23.1 Å². The molecule has 1 aliphatic heterocycles. The number of hydrogen-bond donors (Lipinski definition) is 5. The third-order valence-electron chi connectivity index (χ3n) is 4.58. The van der Waals surface area contributed by atoms with Crippen LogP contribution in [0.15, 0.2) is 15.8 Å². The van der Waals surface area contributed by atoms with E-state index in [1.807, 2.05) is 6.92 Å². The van der Waals surface area contributed by atoms with Gasteiger partial charge in [0.1, 0.15) is 6.10 Å². The number of aliphatic hydroxyl groups excluding tert-OH is 1. The normalized spacial score (nSPS) is 25.5. The van der Waals surface area contributed by atoms with E-state index in [0.717, 1.165) is 6.20 Å². The summed E-state index contributed by atoms with van der Waals surface area (Å²) < 4.78 is 52.2. The van der Waals surface area contributed by atoms with Gasteiger partial charge in [-0.1, -0.05) is 13.3 Å². The number of aliphatic hydroxyl groups is 1. The number of rotatable bonds is 14. The third kappa shape index (κ3) is 8.54. The number of hydrogen-bond acceptors (Lipinski definition) is 13. The molecular formula is C15H25N2O17P3. The largest absolute Gasteiger partial charge is 0.490 e. The lowest BCUT2D eigenvalue weighted by atomic mass is 10.1. The van der Waals surface area contributed by atoms with Gasteiger partial charge in [0.25, 0.3) is 11.5 Å². The quantitative estimate of drug-likeness (QED) is 0.0577. The minimum absolute atomic E-state index is 0.00897. The molecule has 212 valence electrons. The first-order valence-electron chi connectivity index (χ1n) is 10.2. The summed E-state index contributed by atoms with van der Waals surface area (Å²) >= 11 is 0. The summed E-state index contributed by atoms with van der Waals surface area (Å²) in [5, 5.41) is 10.5. The lowest BCUT2D eigenvalue weighted by Crippen LogP contribution is -2.50. The Morgan fingerprint density at radius 3 is 2.38 bits per heavy atom. The van der Waals surface area contributed by atoms with E-state index < -0.39 is 65.9 Å².